The van der Waals surface area contributed by atoms with Crippen LogP contribution >= 0.6 is 0 Å². The lowest BCUT2D eigenvalue weighted by Crippen LogP contribution is -2.31. The molecule has 0 saturated heterocycles. The summed E-state index contributed by atoms with van der Waals surface area (Å²) in [5.74, 6) is 0. The molecule has 3 heteroatoms. The van der Waals surface area contributed by atoms with Crippen LogP contribution in [0.1, 0.15) is 58.7 Å². The zero-order valence-corrected chi connectivity index (χ0v) is 10.3. The molecule has 0 fully saturated rings. The van der Waals surface area contributed by atoms with Crippen LogP contribution in [0.15, 0.2) is 12.5 Å². The molecule has 0 spiro atoms. The lowest BCUT2D eigenvalue weighted by Gasteiger charge is -2.31. The predicted octanol–water partition coefficient (Wildman–Crippen LogP) is 2.83. The number of rotatable bonds is 5. The molecule has 0 radical (unpaired) electrons. The van der Waals surface area contributed by atoms with E-state index in [0.29, 0.717) is 0 Å². The van der Waals surface area contributed by atoms with Crippen LogP contribution < -0.4 is 5.73 Å². The normalized spacial score (nSPS) is 14.2. The molecule has 0 aliphatic rings. The van der Waals surface area contributed by atoms with Gasteiger partial charge in [-0.15, -0.1) is 0 Å². The Morgan fingerprint density at radius 2 is 2.00 bits per heavy atom. The Balaban J connectivity index is 3.08. The molecule has 1 atom stereocenters. The number of aromatic nitrogens is 2. The lowest BCUT2D eigenvalue weighted by molar-refractivity contribution is 0.281. The highest BCUT2D eigenvalue weighted by atomic mass is 15.1. The SMILES string of the molecule is CC[C@@H](N)c1cncn1C(C)(CC)CC. The topological polar surface area (TPSA) is 43.8 Å². The molecule has 1 rings (SSSR count). The van der Waals surface area contributed by atoms with Gasteiger partial charge in [0.2, 0.25) is 0 Å². The summed E-state index contributed by atoms with van der Waals surface area (Å²) in [4.78, 5) is 4.24. The second kappa shape index (κ2) is 4.79. The van der Waals surface area contributed by atoms with Crippen molar-refractivity contribution >= 4 is 0 Å². The van der Waals surface area contributed by atoms with E-state index in [9.17, 15) is 0 Å². The Bertz CT molecular complexity index is 300. The molecule has 1 aromatic heterocycles. The van der Waals surface area contributed by atoms with Gasteiger partial charge in [0.15, 0.2) is 0 Å². The van der Waals surface area contributed by atoms with E-state index in [1.165, 1.54) is 0 Å². The molecule has 1 aromatic rings. The first-order chi connectivity index (χ1) is 7.09. The van der Waals surface area contributed by atoms with Crippen LogP contribution in [0.25, 0.3) is 0 Å². The van der Waals surface area contributed by atoms with Crippen molar-refractivity contribution in [2.24, 2.45) is 5.73 Å². The van der Waals surface area contributed by atoms with E-state index < -0.39 is 0 Å². The monoisotopic (exact) mass is 209 g/mol. The van der Waals surface area contributed by atoms with E-state index in [1.807, 2.05) is 12.5 Å². The van der Waals surface area contributed by atoms with Crippen molar-refractivity contribution in [3.8, 4) is 0 Å². The van der Waals surface area contributed by atoms with Gasteiger partial charge in [0.25, 0.3) is 0 Å². The molecule has 3 nitrogen and oxygen atoms in total. The molecular formula is C12H23N3. The minimum absolute atomic E-state index is 0.102. The van der Waals surface area contributed by atoms with Gasteiger partial charge >= 0.3 is 0 Å². The van der Waals surface area contributed by atoms with Crippen molar-refractivity contribution in [2.45, 2.75) is 58.5 Å². The number of imidazole rings is 1. The van der Waals surface area contributed by atoms with Crippen LogP contribution in [-0.2, 0) is 5.54 Å². The molecule has 0 amide bonds. The molecule has 0 aromatic carbocycles. The molecule has 0 saturated carbocycles. The van der Waals surface area contributed by atoms with Crippen LogP contribution in [-0.4, -0.2) is 9.55 Å². The maximum Gasteiger partial charge on any atom is 0.0953 e. The van der Waals surface area contributed by atoms with Gasteiger partial charge in [-0.05, 0) is 26.2 Å². The average Bonchev–Trinajstić information content (AvgIpc) is 2.76. The first-order valence-corrected chi connectivity index (χ1v) is 5.87. The third-order valence-corrected chi connectivity index (χ3v) is 3.59. The molecule has 1 heterocycles. The highest BCUT2D eigenvalue weighted by Crippen LogP contribution is 2.28. The van der Waals surface area contributed by atoms with Crippen LogP contribution in [0.5, 0.6) is 0 Å². The molecule has 2 N–H and O–H groups in total. The summed E-state index contributed by atoms with van der Waals surface area (Å²) >= 11 is 0. The second-order valence-electron chi connectivity index (χ2n) is 4.41. The maximum absolute atomic E-state index is 6.08. The van der Waals surface area contributed by atoms with Crippen LogP contribution in [0.4, 0.5) is 0 Å². The highest BCUT2D eigenvalue weighted by Gasteiger charge is 2.25. The minimum atomic E-state index is 0.102. The third kappa shape index (κ3) is 2.23. The van der Waals surface area contributed by atoms with Gasteiger partial charge < -0.3 is 10.3 Å². The van der Waals surface area contributed by atoms with Gasteiger partial charge in [-0.3, -0.25) is 0 Å². The predicted molar refractivity (Wildman–Crippen MR) is 63.7 cm³/mol. The van der Waals surface area contributed by atoms with Crippen molar-refractivity contribution in [3.63, 3.8) is 0 Å². The second-order valence-corrected chi connectivity index (χ2v) is 4.41. The van der Waals surface area contributed by atoms with E-state index in [1.54, 1.807) is 0 Å². The molecule has 86 valence electrons. The van der Waals surface area contributed by atoms with E-state index in [-0.39, 0.29) is 11.6 Å². The first kappa shape index (κ1) is 12.2. The summed E-state index contributed by atoms with van der Waals surface area (Å²) < 4.78 is 2.25. The van der Waals surface area contributed by atoms with Crippen molar-refractivity contribution in [3.05, 3.63) is 18.2 Å². The third-order valence-electron chi connectivity index (χ3n) is 3.59. The molecule has 15 heavy (non-hydrogen) atoms. The summed E-state index contributed by atoms with van der Waals surface area (Å²) in [6.07, 6.45) is 6.97. The van der Waals surface area contributed by atoms with Crippen LogP contribution in [0.2, 0.25) is 0 Å². The van der Waals surface area contributed by atoms with Gasteiger partial charge in [0.05, 0.1) is 12.0 Å². The average molecular weight is 209 g/mol. The largest absolute Gasteiger partial charge is 0.327 e. The molecule has 0 aliphatic heterocycles. The molecule has 0 unspecified atom stereocenters. The molecule has 0 aliphatic carbocycles. The fourth-order valence-corrected chi connectivity index (χ4v) is 1.83. The summed E-state index contributed by atoms with van der Waals surface area (Å²) in [6.45, 7) is 8.80. The quantitative estimate of drug-likeness (QED) is 0.810. The fourth-order valence-electron chi connectivity index (χ4n) is 1.83. The fraction of sp³-hybridized carbons (Fsp3) is 0.750. The van der Waals surface area contributed by atoms with Crippen LogP contribution in [0.3, 0.4) is 0 Å². The van der Waals surface area contributed by atoms with Gasteiger partial charge in [0, 0.05) is 17.8 Å². The van der Waals surface area contributed by atoms with Crippen LogP contribution in [0, 0.1) is 0 Å². The van der Waals surface area contributed by atoms with Gasteiger partial charge in [0.1, 0.15) is 0 Å². The zero-order chi connectivity index (χ0) is 11.5. The Hall–Kier alpha value is -0.830. The number of nitrogens with zero attached hydrogens (tertiary/aromatic N) is 2. The summed E-state index contributed by atoms with van der Waals surface area (Å²) in [7, 11) is 0. The summed E-state index contributed by atoms with van der Waals surface area (Å²) in [6, 6.07) is 0.102. The Morgan fingerprint density at radius 3 is 2.47 bits per heavy atom. The van der Waals surface area contributed by atoms with Gasteiger partial charge in [-0.2, -0.15) is 0 Å². The summed E-state index contributed by atoms with van der Waals surface area (Å²) in [5.41, 5.74) is 7.39. The molecular weight excluding hydrogens is 186 g/mol. The van der Waals surface area contributed by atoms with Crippen molar-refractivity contribution in [2.75, 3.05) is 0 Å². The lowest BCUT2D eigenvalue weighted by atomic mass is 9.94. The smallest absolute Gasteiger partial charge is 0.0953 e. The number of nitrogens with two attached hydrogens (primary N) is 1. The number of hydrogen-bond acceptors (Lipinski definition) is 2. The Labute approximate surface area is 92.7 Å². The van der Waals surface area contributed by atoms with Crippen molar-refractivity contribution in [1.82, 2.24) is 9.55 Å². The standard InChI is InChI=1S/C12H23N3/c1-5-10(13)11-8-14-9-15(11)12(4,6-2)7-3/h8-10H,5-7,13H2,1-4H3/t10-/m1/s1. The van der Waals surface area contributed by atoms with Crippen molar-refractivity contribution < 1.29 is 0 Å². The van der Waals surface area contributed by atoms with E-state index in [0.717, 1.165) is 25.0 Å². The highest BCUT2D eigenvalue weighted by molar-refractivity contribution is 5.08. The minimum Gasteiger partial charge on any atom is -0.327 e. The maximum atomic E-state index is 6.08. The molecule has 0 bridgehead atoms. The van der Waals surface area contributed by atoms with Gasteiger partial charge in [-0.25, -0.2) is 4.98 Å². The zero-order valence-electron chi connectivity index (χ0n) is 10.3. The summed E-state index contributed by atoms with van der Waals surface area (Å²) in [5, 5.41) is 0. The Morgan fingerprint density at radius 1 is 1.40 bits per heavy atom. The van der Waals surface area contributed by atoms with E-state index in [2.05, 4.69) is 37.2 Å². The van der Waals surface area contributed by atoms with Crippen molar-refractivity contribution in [1.29, 1.82) is 0 Å². The van der Waals surface area contributed by atoms with E-state index >= 15 is 0 Å². The van der Waals surface area contributed by atoms with E-state index in [4.69, 9.17) is 5.73 Å². The number of hydrogen-bond donors (Lipinski definition) is 1. The Kier molecular flexibility index (Phi) is 3.91. The van der Waals surface area contributed by atoms with Gasteiger partial charge in [-0.1, -0.05) is 20.8 Å². The first-order valence-electron chi connectivity index (χ1n) is 5.87.